The molecule has 0 aliphatic carbocycles. The van der Waals surface area contributed by atoms with E-state index in [0.717, 1.165) is 11.1 Å². The van der Waals surface area contributed by atoms with E-state index < -0.39 is 5.54 Å². The van der Waals surface area contributed by atoms with Gasteiger partial charge in [0.15, 0.2) is 23.0 Å². The summed E-state index contributed by atoms with van der Waals surface area (Å²) in [4.78, 5) is 17.2. The fraction of sp³-hybridized carbons (Fsp3) is 0.263. The van der Waals surface area contributed by atoms with Crippen LogP contribution < -0.4 is 25.3 Å². The molecule has 0 fully saturated rings. The van der Waals surface area contributed by atoms with Gasteiger partial charge >= 0.3 is 0 Å². The summed E-state index contributed by atoms with van der Waals surface area (Å²) in [6.45, 7) is 0. The molecule has 0 bridgehead atoms. The second kappa shape index (κ2) is 6.95. The molecule has 0 aromatic heterocycles. The number of rotatable bonds is 6. The van der Waals surface area contributed by atoms with Crippen LogP contribution in [-0.2, 0) is 16.8 Å². The number of amides is 1. The number of carbonyl (C=O) groups is 1. The van der Waals surface area contributed by atoms with E-state index in [1.807, 2.05) is 24.3 Å². The SMILES string of the molecule is COc1ccc(C2(Cc3ccc(OC)c(OC)c3)N=C(N)NC2=O)cc1. The third-order valence-electron chi connectivity index (χ3n) is 4.40. The van der Waals surface area contributed by atoms with E-state index in [0.29, 0.717) is 23.7 Å². The second-order valence-electron chi connectivity index (χ2n) is 5.91. The molecule has 7 nitrogen and oxygen atoms in total. The lowest BCUT2D eigenvalue weighted by Gasteiger charge is -2.24. The molecule has 136 valence electrons. The molecule has 0 spiro atoms. The van der Waals surface area contributed by atoms with Crippen LogP contribution in [0.2, 0.25) is 0 Å². The highest BCUT2D eigenvalue weighted by atomic mass is 16.5. The van der Waals surface area contributed by atoms with Crippen LogP contribution in [0.15, 0.2) is 47.5 Å². The first-order valence-corrected chi connectivity index (χ1v) is 8.04. The summed E-state index contributed by atoms with van der Waals surface area (Å²) in [6, 6.07) is 12.7. The molecule has 0 radical (unpaired) electrons. The standard InChI is InChI=1S/C19H21N3O4/c1-24-14-7-5-13(6-8-14)19(17(23)21-18(20)22-19)11-12-4-9-15(25-2)16(10-12)26-3/h4-10H,11H2,1-3H3,(H3,20,21,22,23). The van der Waals surface area contributed by atoms with Crippen molar-refractivity contribution in [3.8, 4) is 17.2 Å². The van der Waals surface area contributed by atoms with Crippen molar-refractivity contribution < 1.29 is 19.0 Å². The molecule has 0 saturated heterocycles. The van der Waals surface area contributed by atoms with Gasteiger partial charge in [0.05, 0.1) is 21.3 Å². The molecule has 3 N–H and O–H groups in total. The molecule has 1 unspecified atom stereocenters. The first-order chi connectivity index (χ1) is 12.5. The summed E-state index contributed by atoms with van der Waals surface area (Å²) >= 11 is 0. The van der Waals surface area contributed by atoms with Crippen LogP contribution in [-0.4, -0.2) is 33.2 Å². The van der Waals surface area contributed by atoms with Crippen LogP contribution in [0.3, 0.4) is 0 Å². The van der Waals surface area contributed by atoms with Crippen LogP contribution in [0.4, 0.5) is 0 Å². The molecule has 1 heterocycles. The van der Waals surface area contributed by atoms with E-state index in [4.69, 9.17) is 19.9 Å². The van der Waals surface area contributed by atoms with Crippen LogP contribution in [0.25, 0.3) is 0 Å². The average molecular weight is 355 g/mol. The lowest BCUT2D eigenvalue weighted by molar-refractivity contribution is -0.124. The first kappa shape index (κ1) is 17.6. The predicted molar refractivity (Wildman–Crippen MR) is 97.7 cm³/mol. The van der Waals surface area contributed by atoms with Gasteiger partial charge in [-0.25, -0.2) is 4.99 Å². The third kappa shape index (κ3) is 3.03. The minimum Gasteiger partial charge on any atom is -0.497 e. The quantitative estimate of drug-likeness (QED) is 0.821. The predicted octanol–water partition coefficient (Wildman–Crippen LogP) is 1.59. The Morgan fingerprint density at radius 1 is 1.00 bits per heavy atom. The molecule has 1 aliphatic heterocycles. The van der Waals surface area contributed by atoms with Gasteiger partial charge < -0.3 is 19.9 Å². The smallest absolute Gasteiger partial charge is 0.259 e. The molecule has 0 saturated carbocycles. The van der Waals surface area contributed by atoms with Crippen LogP contribution in [0.5, 0.6) is 17.2 Å². The highest BCUT2D eigenvalue weighted by Gasteiger charge is 2.45. The minimum absolute atomic E-state index is 0.103. The minimum atomic E-state index is -1.14. The van der Waals surface area contributed by atoms with Crippen molar-refractivity contribution in [2.45, 2.75) is 12.0 Å². The highest BCUT2D eigenvalue weighted by Crippen LogP contribution is 2.36. The number of nitrogens with two attached hydrogens (primary N) is 1. The molecule has 2 aromatic rings. The Bertz CT molecular complexity index is 848. The summed E-state index contributed by atoms with van der Waals surface area (Å²) in [5.41, 5.74) is 6.25. The lowest BCUT2D eigenvalue weighted by atomic mass is 9.84. The number of guanidine groups is 1. The summed E-state index contributed by atoms with van der Waals surface area (Å²) < 4.78 is 15.8. The van der Waals surface area contributed by atoms with Gasteiger partial charge in [-0.2, -0.15) is 0 Å². The van der Waals surface area contributed by atoms with Crippen LogP contribution in [0, 0.1) is 0 Å². The number of nitrogens with zero attached hydrogens (tertiary/aromatic N) is 1. The van der Waals surface area contributed by atoms with Crippen molar-refractivity contribution in [1.82, 2.24) is 5.32 Å². The Morgan fingerprint density at radius 3 is 2.23 bits per heavy atom. The Balaban J connectivity index is 2.04. The maximum absolute atomic E-state index is 12.8. The maximum atomic E-state index is 12.8. The van der Waals surface area contributed by atoms with Gasteiger partial charge in [-0.15, -0.1) is 0 Å². The van der Waals surface area contributed by atoms with Gasteiger partial charge in [0.25, 0.3) is 5.91 Å². The van der Waals surface area contributed by atoms with E-state index in [1.54, 1.807) is 39.5 Å². The molecule has 26 heavy (non-hydrogen) atoms. The van der Waals surface area contributed by atoms with E-state index in [-0.39, 0.29) is 11.9 Å². The zero-order valence-corrected chi connectivity index (χ0v) is 14.9. The number of methoxy groups -OCH3 is 3. The van der Waals surface area contributed by atoms with E-state index in [2.05, 4.69) is 10.3 Å². The largest absolute Gasteiger partial charge is 0.497 e. The van der Waals surface area contributed by atoms with Gasteiger partial charge in [0.1, 0.15) is 5.75 Å². The third-order valence-corrected chi connectivity index (χ3v) is 4.40. The Labute approximate surface area is 151 Å². The van der Waals surface area contributed by atoms with E-state index in [9.17, 15) is 4.79 Å². The van der Waals surface area contributed by atoms with Crippen molar-refractivity contribution in [1.29, 1.82) is 0 Å². The zero-order valence-electron chi connectivity index (χ0n) is 14.9. The van der Waals surface area contributed by atoms with Crippen molar-refractivity contribution in [3.05, 3.63) is 53.6 Å². The van der Waals surface area contributed by atoms with Gasteiger partial charge in [-0.1, -0.05) is 18.2 Å². The molecular formula is C19H21N3O4. The van der Waals surface area contributed by atoms with Gasteiger partial charge in [0, 0.05) is 6.42 Å². The van der Waals surface area contributed by atoms with Crippen LogP contribution in [0.1, 0.15) is 11.1 Å². The number of hydrogen-bond donors (Lipinski definition) is 2. The number of hydrogen-bond acceptors (Lipinski definition) is 6. The average Bonchev–Trinajstić information content (AvgIpc) is 2.95. The summed E-state index contributed by atoms with van der Waals surface area (Å²) in [5.74, 6) is 1.74. The van der Waals surface area contributed by atoms with Gasteiger partial charge in [-0.3, -0.25) is 10.1 Å². The fourth-order valence-corrected chi connectivity index (χ4v) is 3.07. The van der Waals surface area contributed by atoms with Crippen LogP contribution >= 0.6 is 0 Å². The van der Waals surface area contributed by atoms with Crippen molar-refractivity contribution in [3.63, 3.8) is 0 Å². The molecule has 1 amide bonds. The zero-order chi connectivity index (χ0) is 18.7. The number of benzene rings is 2. The number of carbonyl (C=O) groups excluding carboxylic acids is 1. The lowest BCUT2D eigenvalue weighted by Crippen LogP contribution is -2.40. The van der Waals surface area contributed by atoms with Crippen molar-refractivity contribution in [2.24, 2.45) is 10.7 Å². The molecule has 1 aliphatic rings. The number of aliphatic imine (C=N–C) groups is 1. The Hall–Kier alpha value is -3.22. The normalized spacial score (nSPS) is 18.9. The highest BCUT2D eigenvalue weighted by molar-refractivity contribution is 6.07. The van der Waals surface area contributed by atoms with E-state index >= 15 is 0 Å². The Kier molecular flexibility index (Phi) is 4.71. The fourth-order valence-electron chi connectivity index (χ4n) is 3.07. The van der Waals surface area contributed by atoms with Crippen molar-refractivity contribution in [2.75, 3.05) is 21.3 Å². The molecule has 1 atom stereocenters. The summed E-state index contributed by atoms with van der Waals surface area (Å²) in [7, 11) is 4.73. The van der Waals surface area contributed by atoms with Crippen molar-refractivity contribution >= 4 is 11.9 Å². The molecular weight excluding hydrogens is 334 g/mol. The topological polar surface area (TPSA) is 95.2 Å². The summed E-state index contributed by atoms with van der Waals surface area (Å²) in [6.07, 6.45) is 0.326. The Morgan fingerprint density at radius 2 is 1.69 bits per heavy atom. The molecule has 3 rings (SSSR count). The molecule has 2 aromatic carbocycles. The number of nitrogens with one attached hydrogen (secondary N) is 1. The maximum Gasteiger partial charge on any atom is 0.259 e. The monoisotopic (exact) mass is 355 g/mol. The van der Waals surface area contributed by atoms with Gasteiger partial charge in [-0.05, 0) is 35.4 Å². The molecule has 7 heteroatoms. The second-order valence-corrected chi connectivity index (χ2v) is 5.91. The number of ether oxygens (including phenoxy) is 3. The van der Waals surface area contributed by atoms with E-state index in [1.165, 1.54) is 0 Å². The first-order valence-electron chi connectivity index (χ1n) is 8.04. The van der Waals surface area contributed by atoms with Gasteiger partial charge in [0.2, 0.25) is 0 Å². The summed E-state index contributed by atoms with van der Waals surface area (Å²) in [5, 5.41) is 2.61.